The molecular weight excluding hydrogens is 318 g/mol. The zero-order valence-corrected chi connectivity index (χ0v) is 15.2. The third-order valence-electron chi connectivity index (χ3n) is 4.55. The van der Waals surface area contributed by atoms with Gasteiger partial charge in [0.15, 0.2) is 0 Å². The second-order valence-electron chi connectivity index (χ2n) is 6.97. The maximum Gasteiger partial charge on any atom is 0.225 e. The lowest BCUT2D eigenvalue weighted by Gasteiger charge is -2.32. The Morgan fingerprint density at radius 2 is 1.88 bits per heavy atom. The normalized spacial score (nSPS) is 18.3. The highest BCUT2D eigenvalue weighted by Gasteiger charge is 2.26. The van der Waals surface area contributed by atoms with E-state index in [9.17, 15) is 5.11 Å². The molecule has 2 aromatic heterocycles. The van der Waals surface area contributed by atoms with Crippen LogP contribution in [0.3, 0.4) is 0 Å². The number of nitrogens with one attached hydrogen (secondary N) is 1. The van der Waals surface area contributed by atoms with Gasteiger partial charge in [0.2, 0.25) is 5.95 Å². The van der Waals surface area contributed by atoms with Gasteiger partial charge in [0, 0.05) is 57.2 Å². The number of aromatic nitrogens is 2. The zero-order valence-electron chi connectivity index (χ0n) is 15.2. The number of likely N-dealkylation sites (N-methyl/N-ethyl adjacent to an activating group) is 1. The highest BCUT2D eigenvalue weighted by molar-refractivity contribution is 5.30. The van der Waals surface area contributed by atoms with Crippen molar-refractivity contribution < 1.29 is 9.52 Å². The molecule has 0 spiro atoms. The fraction of sp³-hybridized carbons (Fsp3) is 0.556. The lowest BCUT2D eigenvalue weighted by atomic mass is 10.0. The lowest BCUT2D eigenvalue weighted by Crippen LogP contribution is -2.45. The van der Waals surface area contributed by atoms with Crippen molar-refractivity contribution in [3.05, 3.63) is 41.6 Å². The molecule has 1 aliphatic heterocycles. The summed E-state index contributed by atoms with van der Waals surface area (Å²) in [6, 6.07) is 3.67. The predicted octanol–water partition coefficient (Wildman–Crippen LogP) is 1.13. The molecule has 7 nitrogen and oxygen atoms in total. The van der Waals surface area contributed by atoms with Crippen molar-refractivity contribution >= 4 is 5.95 Å². The molecule has 3 heterocycles. The van der Waals surface area contributed by atoms with Crippen LogP contribution in [0.2, 0.25) is 0 Å². The van der Waals surface area contributed by atoms with Crippen LogP contribution in [-0.2, 0) is 12.1 Å². The van der Waals surface area contributed by atoms with Crippen molar-refractivity contribution in [2.24, 2.45) is 0 Å². The number of furan rings is 1. The number of hydrogen-bond donors (Lipinski definition) is 2. The Kier molecular flexibility index (Phi) is 5.36. The van der Waals surface area contributed by atoms with Gasteiger partial charge in [-0.2, -0.15) is 0 Å². The van der Waals surface area contributed by atoms with Gasteiger partial charge in [-0.15, -0.1) is 0 Å². The Hall–Kier alpha value is -1.96. The Labute approximate surface area is 148 Å². The predicted molar refractivity (Wildman–Crippen MR) is 96.5 cm³/mol. The fourth-order valence-corrected chi connectivity index (χ4v) is 2.87. The first-order valence-corrected chi connectivity index (χ1v) is 8.68. The van der Waals surface area contributed by atoms with Gasteiger partial charge < -0.3 is 24.6 Å². The van der Waals surface area contributed by atoms with E-state index in [1.807, 2.05) is 31.5 Å². The summed E-state index contributed by atoms with van der Waals surface area (Å²) in [7, 11) is 2.13. The van der Waals surface area contributed by atoms with Gasteiger partial charge in [0.1, 0.15) is 17.1 Å². The van der Waals surface area contributed by atoms with Gasteiger partial charge in [-0.3, -0.25) is 0 Å². The second-order valence-corrected chi connectivity index (χ2v) is 6.97. The van der Waals surface area contributed by atoms with Crippen molar-refractivity contribution in [3.63, 3.8) is 0 Å². The molecule has 2 aromatic rings. The Morgan fingerprint density at radius 3 is 2.48 bits per heavy atom. The quantitative estimate of drug-likeness (QED) is 0.812. The molecule has 1 fully saturated rings. The van der Waals surface area contributed by atoms with Crippen LogP contribution >= 0.6 is 0 Å². The molecule has 25 heavy (non-hydrogen) atoms. The van der Waals surface area contributed by atoms with E-state index in [0.29, 0.717) is 18.8 Å². The monoisotopic (exact) mass is 345 g/mol. The van der Waals surface area contributed by atoms with E-state index < -0.39 is 5.60 Å². The minimum atomic E-state index is -1.05. The number of nitrogens with zero attached hydrogens (tertiary/aromatic N) is 4. The molecule has 136 valence electrons. The highest BCUT2D eigenvalue weighted by atomic mass is 16.4. The van der Waals surface area contributed by atoms with E-state index in [1.54, 1.807) is 6.92 Å². The molecule has 1 unspecified atom stereocenters. The smallest absolute Gasteiger partial charge is 0.225 e. The average molecular weight is 345 g/mol. The third-order valence-corrected chi connectivity index (χ3v) is 4.55. The molecule has 0 bridgehead atoms. The van der Waals surface area contributed by atoms with E-state index in [1.165, 1.54) is 0 Å². The van der Waals surface area contributed by atoms with Crippen LogP contribution in [-0.4, -0.2) is 59.7 Å². The van der Waals surface area contributed by atoms with Crippen LogP contribution < -0.4 is 10.2 Å². The molecule has 1 saturated heterocycles. The summed E-state index contributed by atoms with van der Waals surface area (Å²) < 4.78 is 5.52. The molecule has 0 radical (unpaired) electrons. The Bertz CT molecular complexity index is 675. The first-order valence-electron chi connectivity index (χ1n) is 8.68. The number of anilines is 1. The summed E-state index contributed by atoms with van der Waals surface area (Å²) >= 11 is 0. The number of rotatable bonds is 6. The number of hydrogen-bond acceptors (Lipinski definition) is 7. The van der Waals surface area contributed by atoms with Crippen molar-refractivity contribution in [1.29, 1.82) is 0 Å². The summed E-state index contributed by atoms with van der Waals surface area (Å²) in [4.78, 5) is 13.5. The maximum atomic E-state index is 10.5. The first-order chi connectivity index (χ1) is 11.9. The fourth-order valence-electron chi connectivity index (χ4n) is 2.87. The van der Waals surface area contributed by atoms with E-state index in [0.717, 1.165) is 43.5 Å². The highest BCUT2D eigenvalue weighted by Crippen LogP contribution is 2.22. The molecular formula is C18H27N5O2. The number of piperazine rings is 1. The summed E-state index contributed by atoms with van der Waals surface area (Å²) in [5, 5.41) is 13.8. The second kappa shape index (κ2) is 7.51. The molecule has 0 aromatic carbocycles. The van der Waals surface area contributed by atoms with Crippen molar-refractivity contribution in [2.75, 3.05) is 44.7 Å². The zero-order chi connectivity index (χ0) is 17.9. The Morgan fingerprint density at radius 1 is 1.20 bits per heavy atom. The third kappa shape index (κ3) is 4.56. The molecule has 2 N–H and O–H groups in total. The molecule has 1 aliphatic rings. The minimum absolute atomic E-state index is 0.389. The minimum Gasteiger partial charge on any atom is -0.463 e. The van der Waals surface area contributed by atoms with Gasteiger partial charge in [-0.25, -0.2) is 9.97 Å². The van der Waals surface area contributed by atoms with Gasteiger partial charge in [0.25, 0.3) is 0 Å². The van der Waals surface area contributed by atoms with Crippen LogP contribution in [0.5, 0.6) is 0 Å². The van der Waals surface area contributed by atoms with Gasteiger partial charge in [-0.1, -0.05) is 0 Å². The van der Waals surface area contributed by atoms with Crippen molar-refractivity contribution in [1.82, 2.24) is 20.2 Å². The van der Waals surface area contributed by atoms with Crippen molar-refractivity contribution in [2.45, 2.75) is 26.0 Å². The maximum absolute atomic E-state index is 10.5. The molecule has 0 amide bonds. The van der Waals surface area contributed by atoms with Crippen LogP contribution in [0.4, 0.5) is 5.95 Å². The number of aliphatic hydroxyl groups is 1. The SMILES string of the molecule is Cc1ccc(C(C)(O)CNCc2cnc(N3CCN(C)CC3)nc2)o1. The van der Waals surface area contributed by atoms with Gasteiger partial charge >= 0.3 is 0 Å². The van der Waals surface area contributed by atoms with Gasteiger partial charge in [0.05, 0.1) is 0 Å². The van der Waals surface area contributed by atoms with Gasteiger partial charge in [-0.05, 0) is 33.0 Å². The summed E-state index contributed by atoms with van der Waals surface area (Å²) in [5.74, 6) is 2.15. The summed E-state index contributed by atoms with van der Waals surface area (Å²) in [5.41, 5.74) is -0.0566. The van der Waals surface area contributed by atoms with Crippen LogP contribution in [0.1, 0.15) is 24.0 Å². The van der Waals surface area contributed by atoms with E-state index in [-0.39, 0.29) is 0 Å². The molecule has 0 aliphatic carbocycles. The van der Waals surface area contributed by atoms with Crippen molar-refractivity contribution in [3.8, 4) is 0 Å². The summed E-state index contributed by atoms with van der Waals surface area (Å²) in [6.45, 7) is 8.58. The number of aryl methyl sites for hydroxylation is 1. The van der Waals surface area contributed by atoms with E-state index in [4.69, 9.17) is 4.42 Å². The van der Waals surface area contributed by atoms with Crippen LogP contribution in [0, 0.1) is 6.92 Å². The average Bonchev–Trinajstić information content (AvgIpc) is 3.04. The first kappa shape index (κ1) is 17.8. The topological polar surface area (TPSA) is 77.7 Å². The van der Waals surface area contributed by atoms with Crippen LogP contribution in [0.15, 0.2) is 28.9 Å². The molecule has 0 saturated carbocycles. The van der Waals surface area contributed by atoms with E-state index >= 15 is 0 Å². The standard InChI is InChI=1S/C18H27N5O2/c1-14-4-5-16(25-14)18(2,24)13-19-10-15-11-20-17(21-12-15)23-8-6-22(3)7-9-23/h4-5,11-12,19,24H,6-10,13H2,1-3H3. The largest absolute Gasteiger partial charge is 0.463 e. The Balaban J connectivity index is 1.50. The molecule has 1 atom stereocenters. The lowest BCUT2D eigenvalue weighted by molar-refractivity contribution is 0.0332. The molecule has 7 heteroatoms. The van der Waals surface area contributed by atoms with Crippen LogP contribution in [0.25, 0.3) is 0 Å². The molecule has 3 rings (SSSR count). The summed E-state index contributed by atoms with van der Waals surface area (Å²) in [6.07, 6.45) is 3.69. The van der Waals surface area contributed by atoms with E-state index in [2.05, 4.69) is 32.1 Å².